The monoisotopic (exact) mass is 522 g/mol. The Balaban J connectivity index is 1.38. The summed E-state index contributed by atoms with van der Waals surface area (Å²) in [6, 6.07) is 20.5. The van der Waals surface area contributed by atoms with Gasteiger partial charge in [0, 0.05) is 18.0 Å². The molecule has 190 valence electrons. The molecule has 4 rings (SSSR count). The van der Waals surface area contributed by atoms with Gasteiger partial charge in [-0.05, 0) is 60.2 Å². The maximum absolute atomic E-state index is 15.5. The molecular weight excluding hydrogens is 499 g/mol. The van der Waals surface area contributed by atoms with Crippen LogP contribution >= 0.6 is 11.6 Å². The van der Waals surface area contributed by atoms with Crippen LogP contribution in [-0.4, -0.2) is 50.9 Å². The number of unbranched alkanes of at least 4 members (excludes halogenated alkanes) is 1. The molecule has 3 aromatic rings. The lowest BCUT2D eigenvalue weighted by Crippen LogP contribution is -2.37. The number of nitrogens with zero attached hydrogens (tertiary/aromatic N) is 2. The third kappa shape index (κ3) is 5.54. The van der Waals surface area contributed by atoms with E-state index in [1.807, 2.05) is 12.1 Å². The molecule has 1 unspecified atom stereocenters. The Hall–Kier alpha value is -4.04. The Labute approximate surface area is 217 Å². The fraction of sp³-hybridized carbons (Fsp3) is 0.214. The number of hydrogen-bond donors (Lipinski definition) is 2. The van der Waals surface area contributed by atoms with E-state index in [2.05, 4.69) is 5.16 Å². The Kier molecular flexibility index (Phi) is 7.69. The van der Waals surface area contributed by atoms with E-state index in [4.69, 9.17) is 11.6 Å². The molecule has 1 atom stereocenters. The molecule has 0 spiro atoms. The van der Waals surface area contributed by atoms with Crippen molar-refractivity contribution in [3.8, 4) is 11.1 Å². The molecule has 0 saturated carbocycles. The quantitative estimate of drug-likeness (QED) is 0.114. The number of aliphatic carboxylic acids is 1. The zero-order valence-electron chi connectivity index (χ0n) is 19.7. The van der Waals surface area contributed by atoms with Crippen LogP contribution in [0, 0.1) is 0 Å². The number of benzene rings is 3. The highest BCUT2D eigenvalue weighted by atomic mass is 35.5. The van der Waals surface area contributed by atoms with Crippen molar-refractivity contribution in [2.45, 2.75) is 31.4 Å². The topological polar surface area (TPSA) is 107 Å². The van der Waals surface area contributed by atoms with E-state index in [9.17, 15) is 24.7 Å². The van der Waals surface area contributed by atoms with E-state index in [0.717, 1.165) is 16.0 Å². The molecule has 1 aliphatic heterocycles. The highest BCUT2D eigenvalue weighted by Crippen LogP contribution is 2.29. The van der Waals surface area contributed by atoms with E-state index in [1.54, 1.807) is 60.7 Å². The van der Waals surface area contributed by atoms with Crippen LogP contribution in [0.2, 0.25) is 5.02 Å². The molecule has 0 bridgehead atoms. The third-order valence-electron chi connectivity index (χ3n) is 6.43. The minimum absolute atomic E-state index is 0.0507. The summed E-state index contributed by atoms with van der Waals surface area (Å²) in [6.07, 6.45) is -0.699. The predicted molar refractivity (Wildman–Crippen MR) is 137 cm³/mol. The van der Waals surface area contributed by atoms with Gasteiger partial charge in [0.15, 0.2) is 0 Å². The molecule has 0 radical (unpaired) electrons. The van der Waals surface area contributed by atoms with E-state index in [-0.39, 0.29) is 31.5 Å². The number of fused-ring (bicyclic) bond motifs is 1. The number of carboxylic acids is 1. The van der Waals surface area contributed by atoms with E-state index in [0.29, 0.717) is 21.7 Å². The van der Waals surface area contributed by atoms with E-state index in [1.165, 1.54) is 0 Å². The number of hydrogen-bond acceptors (Lipinski definition) is 5. The molecule has 1 heterocycles. The fourth-order valence-electron chi connectivity index (χ4n) is 4.35. The summed E-state index contributed by atoms with van der Waals surface area (Å²) in [5, 5.41) is 22.9. The summed E-state index contributed by atoms with van der Waals surface area (Å²) in [4.78, 5) is 37.9. The molecular formula is C28H24ClFN2O5. The third-order valence-corrected chi connectivity index (χ3v) is 6.68. The maximum atomic E-state index is 15.5. The largest absolute Gasteiger partial charge is 0.479 e. The summed E-state index contributed by atoms with van der Waals surface area (Å²) in [6.45, 7) is 0.0507. The predicted octanol–water partition coefficient (Wildman–Crippen LogP) is 5.83. The Bertz CT molecular complexity index is 1320. The number of imide groups is 1. The van der Waals surface area contributed by atoms with Crippen LogP contribution in [0.15, 0.2) is 78.0 Å². The van der Waals surface area contributed by atoms with Gasteiger partial charge in [-0.3, -0.25) is 14.5 Å². The van der Waals surface area contributed by atoms with Crippen molar-refractivity contribution in [1.82, 2.24) is 4.90 Å². The summed E-state index contributed by atoms with van der Waals surface area (Å²) in [5.74, 6) is -2.50. The Morgan fingerprint density at radius 1 is 0.892 bits per heavy atom. The van der Waals surface area contributed by atoms with Gasteiger partial charge in [-0.1, -0.05) is 65.3 Å². The molecule has 0 aromatic heterocycles. The molecule has 0 fully saturated rings. The van der Waals surface area contributed by atoms with Crippen LogP contribution in [0.4, 0.5) is 4.39 Å². The number of carbonyl (C=O) groups is 3. The Morgan fingerprint density at radius 3 is 1.95 bits per heavy atom. The van der Waals surface area contributed by atoms with E-state index >= 15 is 4.39 Å². The van der Waals surface area contributed by atoms with Crippen LogP contribution in [0.1, 0.15) is 52.0 Å². The standard InChI is InChI=1S/C28H24ClFN2O5/c29-21-13-11-19(12-14-21)18-7-9-20(10-8-18)24(31-37)17-28(30,27(35)36)15-3-4-16-32-25(33)22-5-1-2-6-23(22)26(32)34/h1-2,5-14,37H,3-4,15-17H2,(H,35,36)/b31-24+. The summed E-state index contributed by atoms with van der Waals surface area (Å²) >= 11 is 5.92. The van der Waals surface area contributed by atoms with E-state index < -0.39 is 29.9 Å². The van der Waals surface area contributed by atoms with Crippen molar-refractivity contribution in [2.24, 2.45) is 5.16 Å². The molecule has 7 nitrogen and oxygen atoms in total. The number of alkyl halides is 1. The van der Waals surface area contributed by atoms with Gasteiger partial charge >= 0.3 is 5.97 Å². The normalized spacial score (nSPS) is 15.0. The summed E-state index contributed by atoms with van der Waals surface area (Å²) in [5.41, 5.74) is -0.00861. The first-order valence-electron chi connectivity index (χ1n) is 11.7. The number of amides is 2. The van der Waals surface area contributed by atoms with Crippen molar-refractivity contribution < 1.29 is 29.1 Å². The molecule has 0 aliphatic carbocycles. The van der Waals surface area contributed by atoms with Gasteiger partial charge in [0.05, 0.1) is 16.8 Å². The zero-order valence-corrected chi connectivity index (χ0v) is 20.5. The zero-order chi connectivity index (χ0) is 26.6. The number of carboxylic acid groups (broad SMARTS) is 1. The fourth-order valence-corrected chi connectivity index (χ4v) is 4.47. The minimum atomic E-state index is -2.70. The van der Waals surface area contributed by atoms with Crippen LogP contribution in [0.3, 0.4) is 0 Å². The van der Waals surface area contributed by atoms with Crippen molar-refractivity contribution in [3.63, 3.8) is 0 Å². The van der Waals surface area contributed by atoms with Crippen LogP contribution in [-0.2, 0) is 4.79 Å². The lowest BCUT2D eigenvalue weighted by Gasteiger charge is -2.22. The average molecular weight is 523 g/mol. The van der Waals surface area contributed by atoms with Gasteiger partial charge in [0.25, 0.3) is 11.8 Å². The molecule has 0 saturated heterocycles. The molecule has 1 aliphatic rings. The van der Waals surface area contributed by atoms with Gasteiger partial charge in [-0.25, -0.2) is 9.18 Å². The number of oxime groups is 1. The first kappa shape index (κ1) is 26.0. The van der Waals surface area contributed by atoms with Gasteiger partial charge in [0.1, 0.15) is 0 Å². The highest BCUT2D eigenvalue weighted by molar-refractivity contribution is 6.30. The lowest BCUT2D eigenvalue weighted by atomic mass is 9.89. The first-order chi connectivity index (χ1) is 17.7. The second kappa shape index (κ2) is 10.9. The lowest BCUT2D eigenvalue weighted by molar-refractivity contribution is -0.151. The Morgan fingerprint density at radius 2 is 1.43 bits per heavy atom. The number of halogens is 2. The maximum Gasteiger partial charge on any atom is 0.341 e. The summed E-state index contributed by atoms with van der Waals surface area (Å²) in [7, 11) is 0. The van der Waals surface area contributed by atoms with Crippen molar-refractivity contribution >= 4 is 35.1 Å². The summed E-state index contributed by atoms with van der Waals surface area (Å²) < 4.78 is 15.5. The van der Waals surface area contributed by atoms with Gasteiger partial charge in [-0.15, -0.1) is 0 Å². The van der Waals surface area contributed by atoms with Crippen molar-refractivity contribution in [3.05, 3.63) is 94.5 Å². The number of rotatable bonds is 10. The smallest absolute Gasteiger partial charge is 0.341 e. The van der Waals surface area contributed by atoms with Crippen molar-refractivity contribution in [2.75, 3.05) is 6.54 Å². The molecule has 9 heteroatoms. The molecule has 37 heavy (non-hydrogen) atoms. The van der Waals surface area contributed by atoms with Crippen LogP contribution in [0.25, 0.3) is 11.1 Å². The second-order valence-corrected chi connectivity index (χ2v) is 9.28. The van der Waals surface area contributed by atoms with Gasteiger partial charge in [-0.2, -0.15) is 0 Å². The van der Waals surface area contributed by atoms with Gasteiger partial charge in [0.2, 0.25) is 5.67 Å². The second-order valence-electron chi connectivity index (χ2n) is 8.84. The number of carbonyl (C=O) groups excluding carboxylic acids is 2. The molecule has 2 N–H and O–H groups in total. The SMILES string of the molecule is O=C1c2ccccc2C(=O)N1CCCCC(F)(C/C(=N\O)c1ccc(-c2ccc(Cl)cc2)cc1)C(=O)O. The average Bonchev–Trinajstić information content (AvgIpc) is 3.15. The first-order valence-corrected chi connectivity index (χ1v) is 12.1. The highest BCUT2D eigenvalue weighted by Gasteiger charge is 2.40. The molecule has 2 amide bonds. The van der Waals surface area contributed by atoms with Gasteiger partial charge < -0.3 is 10.3 Å². The minimum Gasteiger partial charge on any atom is -0.479 e. The van der Waals surface area contributed by atoms with Crippen LogP contribution in [0.5, 0.6) is 0 Å². The van der Waals surface area contributed by atoms with Crippen molar-refractivity contribution in [1.29, 1.82) is 0 Å². The molecule has 3 aromatic carbocycles. The van der Waals surface area contributed by atoms with Crippen LogP contribution < -0.4 is 0 Å².